The maximum Gasteiger partial charge on any atom is 0.166 e. The SMILES string of the molecule is CCC(C)CNC(=S)NC1CCCC1. The molecule has 0 radical (unpaired) electrons. The van der Waals surface area contributed by atoms with Gasteiger partial charge >= 0.3 is 0 Å². The Kier molecular flexibility index (Phi) is 5.23. The van der Waals surface area contributed by atoms with Gasteiger partial charge in [-0.1, -0.05) is 33.1 Å². The summed E-state index contributed by atoms with van der Waals surface area (Å²) in [5.41, 5.74) is 0. The van der Waals surface area contributed by atoms with Gasteiger partial charge in [0.1, 0.15) is 0 Å². The van der Waals surface area contributed by atoms with Gasteiger partial charge in [0.15, 0.2) is 5.11 Å². The first-order valence-corrected chi connectivity index (χ1v) is 6.17. The van der Waals surface area contributed by atoms with Crippen LogP contribution in [0.2, 0.25) is 0 Å². The minimum atomic E-state index is 0.631. The van der Waals surface area contributed by atoms with Crippen LogP contribution in [0.5, 0.6) is 0 Å². The number of hydrogen-bond donors (Lipinski definition) is 2. The average molecular weight is 214 g/mol. The highest BCUT2D eigenvalue weighted by molar-refractivity contribution is 7.80. The van der Waals surface area contributed by atoms with E-state index in [1.807, 2.05) is 0 Å². The number of nitrogens with one attached hydrogen (secondary N) is 2. The first kappa shape index (κ1) is 11.8. The van der Waals surface area contributed by atoms with Gasteiger partial charge in [-0.05, 0) is 31.0 Å². The number of rotatable bonds is 4. The maximum atomic E-state index is 5.23. The summed E-state index contributed by atoms with van der Waals surface area (Å²) in [4.78, 5) is 0. The van der Waals surface area contributed by atoms with Gasteiger partial charge in [-0.2, -0.15) is 0 Å². The molecule has 0 heterocycles. The average Bonchev–Trinajstić information content (AvgIpc) is 2.66. The Balaban J connectivity index is 2.09. The van der Waals surface area contributed by atoms with E-state index in [4.69, 9.17) is 12.2 Å². The van der Waals surface area contributed by atoms with E-state index in [0.717, 1.165) is 11.7 Å². The molecule has 1 saturated carbocycles. The third kappa shape index (κ3) is 4.27. The van der Waals surface area contributed by atoms with E-state index in [-0.39, 0.29) is 0 Å². The fourth-order valence-electron chi connectivity index (χ4n) is 1.72. The number of hydrogen-bond acceptors (Lipinski definition) is 1. The molecule has 1 rings (SSSR count). The summed E-state index contributed by atoms with van der Waals surface area (Å²) in [5.74, 6) is 0.707. The van der Waals surface area contributed by atoms with Crippen molar-refractivity contribution in [3.63, 3.8) is 0 Å². The summed E-state index contributed by atoms with van der Waals surface area (Å²) >= 11 is 5.23. The molecule has 14 heavy (non-hydrogen) atoms. The lowest BCUT2D eigenvalue weighted by Crippen LogP contribution is -2.42. The third-order valence-corrected chi connectivity index (χ3v) is 3.26. The molecule has 0 aromatic rings. The highest BCUT2D eigenvalue weighted by Crippen LogP contribution is 2.17. The molecule has 0 aliphatic heterocycles. The molecule has 1 atom stereocenters. The van der Waals surface area contributed by atoms with Gasteiger partial charge in [0.25, 0.3) is 0 Å². The van der Waals surface area contributed by atoms with Crippen LogP contribution in [-0.2, 0) is 0 Å². The molecule has 2 nitrogen and oxygen atoms in total. The molecule has 0 aromatic carbocycles. The van der Waals surface area contributed by atoms with Crippen LogP contribution in [0.15, 0.2) is 0 Å². The summed E-state index contributed by atoms with van der Waals surface area (Å²) in [5, 5.41) is 7.50. The Morgan fingerprint density at radius 1 is 1.43 bits per heavy atom. The summed E-state index contributed by atoms with van der Waals surface area (Å²) in [6, 6.07) is 0.631. The zero-order chi connectivity index (χ0) is 10.4. The van der Waals surface area contributed by atoms with Crippen molar-refractivity contribution in [1.29, 1.82) is 0 Å². The summed E-state index contributed by atoms with van der Waals surface area (Å²) in [6.45, 7) is 5.44. The van der Waals surface area contributed by atoms with E-state index in [2.05, 4.69) is 24.5 Å². The molecule has 0 saturated heterocycles. The molecule has 2 N–H and O–H groups in total. The van der Waals surface area contributed by atoms with E-state index in [1.165, 1.54) is 32.1 Å². The lowest BCUT2D eigenvalue weighted by Gasteiger charge is -2.17. The van der Waals surface area contributed by atoms with Crippen molar-refractivity contribution in [3.8, 4) is 0 Å². The second kappa shape index (κ2) is 6.23. The van der Waals surface area contributed by atoms with Crippen molar-refractivity contribution in [2.75, 3.05) is 6.54 Å². The van der Waals surface area contributed by atoms with Crippen LogP contribution in [0.4, 0.5) is 0 Å². The fraction of sp³-hybridized carbons (Fsp3) is 0.909. The summed E-state index contributed by atoms with van der Waals surface area (Å²) in [7, 11) is 0. The van der Waals surface area contributed by atoms with Crippen molar-refractivity contribution in [3.05, 3.63) is 0 Å². The van der Waals surface area contributed by atoms with Gasteiger partial charge in [0.05, 0.1) is 0 Å². The normalized spacial score (nSPS) is 19.3. The van der Waals surface area contributed by atoms with Crippen molar-refractivity contribution in [1.82, 2.24) is 10.6 Å². The Morgan fingerprint density at radius 2 is 2.07 bits per heavy atom. The van der Waals surface area contributed by atoms with E-state index >= 15 is 0 Å². The summed E-state index contributed by atoms with van der Waals surface area (Å²) in [6.07, 6.45) is 6.48. The largest absolute Gasteiger partial charge is 0.362 e. The first-order valence-electron chi connectivity index (χ1n) is 5.76. The smallest absolute Gasteiger partial charge is 0.166 e. The predicted octanol–water partition coefficient (Wildman–Crippen LogP) is 2.44. The van der Waals surface area contributed by atoms with Crippen molar-refractivity contribution in [2.45, 2.75) is 52.0 Å². The van der Waals surface area contributed by atoms with Gasteiger partial charge in [0, 0.05) is 12.6 Å². The first-order chi connectivity index (χ1) is 6.72. The topological polar surface area (TPSA) is 24.1 Å². The molecular weight excluding hydrogens is 192 g/mol. The molecule has 0 bridgehead atoms. The van der Waals surface area contributed by atoms with E-state index in [1.54, 1.807) is 0 Å². The predicted molar refractivity (Wildman–Crippen MR) is 65.4 cm³/mol. The van der Waals surface area contributed by atoms with Crippen LogP contribution in [0.25, 0.3) is 0 Å². The summed E-state index contributed by atoms with van der Waals surface area (Å²) < 4.78 is 0. The molecule has 1 unspecified atom stereocenters. The van der Waals surface area contributed by atoms with Crippen LogP contribution in [0, 0.1) is 5.92 Å². The van der Waals surface area contributed by atoms with Gasteiger partial charge in [-0.15, -0.1) is 0 Å². The third-order valence-electron chi connectivity index (χ3n) is 3.00. The highest BCUT2D eigenvalue weighted by atomic mass is 32.1. The molecule has 1 aliphatic rings. The van der Waals surface area contributed by atoms with Crippen molar-refractivity contribution in [2.24, 2.45) is 5.92 Å². The fourth-order valence-corrected chi connectivity index (χ4v) is 1.97. The van der Waals surface area contributed by atoms with Gasteiger partial charge in [-0.3, -0.25) is 0 Å². The zero-order valence-corrected chi connectivity index (χ0v) is 10.1. The standard InChI is InChI=1S/C11H22N2S/c1-3-9(2)8-12-11(14)13-10-6-4-5-7-10/h9-10H,3-8H2,1-2H3,(H2,12,13,14). The molecular formula is C11H22N2S. The molecule has 0 spiro atoms. The van der Waals surface area contributed by atoms with Crippen LogP contribution >= 0.6 is 12.2 Å². The molecule has 1 aliphatic carbocycles. The Bertz CT molecular complexity index is 176. The quantitative estimate of drug-likeness (QED) is 0.703. The van der Waals surface area contributed by atoms with Crippen LogP contribution in [-0.4, -0.2) is 17.7 Å². The maximum absolute atomic E-state index is 5.23. The molecule has 82 valence electrons. The van der Waals surface area contributed by atoms with Gasteiger partial charge in [-0.25, -0.2) is 0 Å². The van der Waals surface area contributed by atoms with Crippen molar-refractivity contribution >= 4 is 17.3 Å². The lowest BCUT2D eigenvalue weighted by atomic mass is 10.1. The molecule has 3 heteroatoms. The number of thiocarbonyl (C=S) groups is 1. The molecule has 0 amide bonds. The van der Waals surface area contributed by atoms with Crippen LogP contribution in [0.1, 0.15) is 46.0 Å². The highest BCUT2D eigenvalue weighted by Gasteiger charge is 2.15. The second-order valence-corrected chi connectivity index (χ2v) is 4.76. The van der Waals surface area contributed by atoms with Gasteiger partial charge < -0.3 is 10.6 Å². The van der Waals surface area contributed by atoms with Crippen LogP contribution < -0.4 is 10.6 Å². The Labute approximate surface area is 92.8 Å². The monoisotopic (exact) mass is 214 g/mol. The van der Waals surface area contributed by atoms with E-state index < -0.39 is 0 Å². The van der Waals surface area contributed by atoms with E-state index in [0.29, 0.717) is 12.0 Å². The Hall–Kier alpha value is -0.310. The second-order valence-electron chi connectivity index (χ2n) is 4.35. The minimum absolute atomic E-state index is 0.631. The molecule has 1 fully saturated rings. The van der Waals surface area contributed by atoms with Gasteiger partial charge in [0.2, 0.25) is 0 Å². The lowest BCUT2D eigenvalue weighted by molar-refractivity contribution is 0.538. The Morgan fingerprint density at radius 3 is 2.64 bits per heavy atom. The van der Waals surface area contributed by atoms with E-state index in [9.17, 15) is 0 Å². The molecule has 0 aromatic heterocycles. The zero-order valence-electron chi connectivity index (χ0n) is 9.31. The van der Waals surface area contributed by atoms with Crippen molar-refractivity contribution < 1.29 is 0 Å². The minimum Gasteiger partial charge on any atom is -0.362 e. The van der Waals surface area contributed by atoms with Crippen LogP contribution in [0.3, 0.4) is 0 Å².